The summed E-state index contributed by atoms with van der Waals surface area (Å²) in [5, 5.41) is 4.35. The number of nitrogens with zero attached hydrogens (tertiary/aromatic N) is 1. The Bertz CT molecular complexity index is 485. The van der Waals surface area contributed by atoms with Crippen LogP contribution in [0.1, 0.15) is 0 Å². The lowest BCUT2D eigenvalue weighted by Gasteiger charge is -2.10. The molecule has 0 bridgehead atoms. The number of aromatic nitrogens is 1. The molecule has 0 atom stereocenters. The van der Waals surface area contributed by atoms with E-state index in [2.05, 4.69) is 10.3 Å². The Morgan fingerprint density at radius 2 is 2.19 bits per heavy atom. The topological polar surface area (TPSA) is 60.2 Å². The van der Waals surface area contributed by atoms with E-state index in [4.69, 9.17) is 10.5 Å². The van der Waals surface area contributed by atoms with Crippen molar-refractivity contribution in [3.63, 3.8) is 0 Å². The van der Waals surface area contributed by atoms with Gasteiger partial charge in [-0.25, -0.2) is 4.98 Å². The Balaban J connectivity index is 2.50. The van der Waals surface area contributed by atoms with Crippen molar-refractivity contribution in [3.8, 4) is 5.88 Å². The van der Waals surface area contributed by atoms with Crippen molar-refractivity contribution < 1.29 is 4.74 Å². The fourth-order valence-electron chi connectivity index (χ4n) is 1.61. The Kier molecular flexibility index (Phi) is 3.22. The minimum absolute atomic E-state index is 0.596. The van der Waals surface area contributed by atoms with E-state index in [1.165, 1.54) is 0 Å². The van der Waals surface area contributed by atoms with Crippen molar-refractivity contribution >= 4 is 16.6 Å². The third-order valence-corrected chi connectivity index (χ3v) is 2.36. The largest absolute Gasteiger partial charge is 0.481 e. The van der Waals surface area contributed by atoms with Crippen molar-refractivity contribution in [1.29, 1.82) is 0 Å². The molecule has 0 radical (unpaired) electrons. The number of methoxy groups -OCH3 is 1. The van der Waals surface area contributed by atoms with Crippen LogP contribution in [0, 0.1) is 0 Å². The Labute approximate surface area is 94.4 Å². The zero-order valence-corrected chi connectivity index (χ0v) is 9.23. The standard InChI is InChI=1S/C12H15N3O/c1-16-12-8-11(14-7-6-13)9-4-2-3-5-10(9)15-12/h2-5,8H,6-7,13H2,1H3,(H,14,15). The van der Waals surface area contributed by atoms with Crippen LogP contribution < -0.4 is 15.8 Å². The number of nitrogens with two attached hydrogens (primary N) is 1. The number of hydrogen-bond donors (Lipinski definition) is 2. The first-order valence-corrected chi connectivity index (χ1v) is 5.23. The van der Waals surface area contributed by atoms with Crippen LogP contribution in [0.15, 0.2) is 30.3 Å². The first-order chi connectivity index (χ1) is 7.85. The summed E-state index contributed by atoms with van der Waals surface area (Å²) in [5.41, 5.74) is 7.41. The van der Waals surface area contributed by atoms with E-state index in [0.717, 1.165) is 23.1 Å². The molecule has 0 unspecified atom stereocenters. The van der Waals surface area contributed by atoms with Gasteiger partial charge in [-0.2, -0.15) is 0 Å². The number of nitrogens with one attached hydrogen (secondary N) is 1. The molecule has 2 aromatic rings. The lowest BCUT2D eigenvalue weighted by Crippen LogP contribution is -2.13. The van der Waals surface area contributed by atoms with Gasteiger partial charge in [0, 0.05) is 30.2 Å². The molecule has 1 aromatic heterocycles. The lowest BCUT2D eigenvalue weighted by atomic mass is 10.2. The predicted molar refractivity (Wildman–Crippen MR) is 65.8 cm³/mol. The molecule has 4 heteroatoms. The summed E-state index contributed by atoms with van der Waals surface area (Å²) in [6, 6.07) is 9.83. The number of hydrogen-bond acceptors (Lipinski definition) is 4. The minimum Gasteiger partial charge on any atom is -0.481 e. The first-order valence-electron chi connectivity index (χ1n) is 5.23. The van der Waals surface area contributed by atoms with Crippen molar-refractivity contribution in [2.24, 2.45) is 5.73 Å². The molecule has 0 aliphatic heterocycles. The monoisotopic (exact) mass is 217 g/mol. The Morgan fingerprint density at radius 3 is 2.94 bits per heavy atom. The molecule has 0 amide bonds. The van der Waals surface area contributed by atoms with Crippen molar-refractivity contribution in [1.82, 2.24) is 4.98 Å². The van der Waals surface area contributed by atoms with Crippen LogP contribution in [0.3, 0.4) is 0 Å². The highest BCUT2D eigenvalue weighted by molar-refractivity contribution is 5.91. The molecule has 0 aliphatic rings. The number of para-hydroxylation sites is 1. The molecular formula is C12H15N3O. The second-order valence-electron chi connectivity index (χ2n) is 3.44. The van der Waals surface area contributed by atoms with Crippen LogP contribution in [-0.2, 0) is 0 Å². The molecule has 1 aromatic carbocycles. The third kappa shape index (κ3) is 2.06. The van der Waals surface area contributed by atoms with E-state index in [0.29, 0.717) is 12.4 Å². The van der Waals surface area contributed by atoms with Gasteiger partial charge >= 0.3 is 0 Å². The van der Waals surface area contributed by atoms with E-state index in [1.54, 1.807) is 7.11 Å². The van der Waals surface area contributed by atoms with E-state index in [9.17, 15) is 0 Å². The summed E-state index contributed by atoms with van der Waals surface area (Å²) in [5.74, 6) is 0.609. The van der Waals surface area contributed by atoms with Gasteiger partial charge in [0.05, 0.1) is 12.6 Å². The van der Waals surface area contributed by atoms with E-state index in [1.807, 2.05) is 30.3 Å². The molecule has 0 saturated heterocycles. The summed E-state index contributed by atoms with van der Waals surface area (Å²) in [7, 11) is 1.61. The predicted octanol–water partition coefficient (Wildman–Crippen LogP) is 1.61. The molecular weight excluding hydrogens is 202 g/mol. The van der Waals surface area contributed by atoms with E-state index < -0.39 is 0 Å². The molecule has 0 fully saturated rings. The van der Waals surface area contributed by atoms with Gasteiger partial charge < -0.3 is 15.8 Å². The highest BCUT2D eigenvalue weighted by Gasteiger charge is 2.04. The van der Waals surface area contributed by atoms with Gasteiger partial charge in [-0.3, -0.25) is 0 Å². The fraction of sp³-hybridized carbons (Fsp3) is 0.250. The van der Waals surface area contributed by atoms with Crippen LogP contribution in [0.4, 0.5) is 5.69 Å². The number of rotatable bonds is 4. The number of benzene rings is 1. The molecule has 16 heavy (non-hydrogen) atoms. The molecule has 1 heterocycles. The highest BCUT2D eigenvalue weighted by atomic mass is 16.5. The summed E-state index contributed by atoms with van der Waals surface area (Å²) < 4.78 is 5.16. The van der Waals surface area contributed by atoms with Gasteiger partial charge in [-0.1, -0.05) is 18.2 Å². The van der Waals surface area contributed by atoms with Crippen LogP contribution in [0.25, 0.3) is 10.9 Å². The zero-order chi connectivity index (χ0) is 11.4. The second-order valence-corrected chi connectivity index (χ2v) is 3.44. The number of ether oxygens (including phenoxy) is 1. The van der Waals surface area contributed by atoms with Crippen molar-refractivity contribution in [3.05, 3.63) is 30.3 Å². The summed E-state index contributed by atoms with van der Waals surface area (Å²) in [6.07, 6.45) is 0. The van der Waals surface area contributed by atoms with Crippen LogP contribution in [0.5, 0.6) is 5.88 Å². The fourth-order valence-corrected chi connectivity index (χ4v) is 1.61. The first kappa shape index (κ1) is 10.7. The van der Waals surface area contributed by atoms with Crippen LogP contribution in [0.2, 0.25) is 0 Å². The van der Waals surface area contributed by atoms with Gasteiger partial charge in [0.25, 0.3) is 0 Å². The van der Waals surface area contributed by atoms with Crippen molar-refractivity contribution in [2.75, 3.05) is 25.5 Å². The summed E-state index contributed by atoms with van der Waals surface area (Å²) in [4.78, 5) is 4.37. The third-order valence-electron chi connectivity index (χ3n) is 2.36. The molecule has 3 N–H and O–H groups in total. The quantitative estimate of drug-likeness (QED) is 0.817. The smallest absolute Gasteiger partial charge is 0.215 e. The molecule has 84 valence electrons. The minimum atomic E-state index is 0.596. The van der Waals surface area contributed by atoms with Gasteiger partial charge in [0.2, 0.25) is 5.88 Å². The van der Waals surface area contributed by atoms with Gasteiger partial charge in [-0.05, 0) is 6.07 Å². The maximum Gasteiger partial charge on any atom is 0.215 e. The molecule has 0 saturated carbocycles. The highest BCUT2D eigenvalue weighted by Crippen LogP contribution is 2.25. The van der Waals surface area contributed by atoms with E-state index in [-0.39, 0.29) is 0 Å². The second kappa shape index (κ2) is 4.81. The SMILES string of the molecule is COc1cc(NCCN)c2ccccc2n1. The van der Waals surface area contributed by atoms with E-state index >= 15 is 0 Å². The maximum absolute atomic E-state index is 5.48. The Hall–Kier alpha value is -1.81. The molecule has 4 nitrogen and oxygen atoms in total. The number of pyridine rings is 1. The molecule has 0 spiro atoms. The molecule has 0 aliphatic carbocycles. The lowest BCUT2D eigenvalue weighted by molar-refractivity contribution is 0.400. The average molecular weight is 217 g/mol. The molecule has 2 rings (SSSR count). The van der Waals surface area contributed by atoms with Gasteiger partial charge in [0.15, 0.2) is 0 Å². The van der Waals surface area contributed by atoms with Crippen LogP contribution in [-0.4, -0.2) is 25.2 Å². The summed E-state index contributed by atoms with van der Waals surface area (Å²) in [6.45, 7) is 1.33. The maximum atomic E-state index is 5.48. The number of anilines is 1. The number of fused-ring (bicyclic) bond motifs is 1. The zero-order valence-electron chi connectivity index (χ0n) is 9.23. The Morgan fingerprint density at radius 1 is 1.38 bits per heavy atom. The van der Waals surface area contributed by atoms with Crippen molar-refractivity contribution in [2.45, 2.75) is 0 Å². The normalized spacial score (nSPS) is 10.4. The van der Waals surface area contributed by atoms with Gasteiger partial charge in [0.1, 0.15) is 0 Å². The van der Waals surface area contributed by atoms with Crippen LogP contribution >= 0.6 is 0 Å². The average Bonchev–Trinajstić information content (AvgIpc) is 2.35. The van der Waals surface area contributed by atoms with Gasteiger partial charge in [-0.15, -0.1) is 0 Å². The summed E-state index contributed by atoms with van der Waals surface area (Å²) >= 11 is 0.